The molecule has 1 aromatic heterocycles. The molecule has 0 fully saturated rings. The summed E-state index contributed by atoms with van der Waals surface area (Å²) in [5.74, 6) is 0. The summed E-state index contributed by atoms with van der Waals surface area (Å²) in [6, 6.07) is 14.5. The monoisotopic (exact) mass is 303 g/mol. The first-order valence-corrected chi connectivity index (χ1v) is 7.53. The van der Waals surface area contributed by atoms with E-state index in [9.17, 15) is 0 Å². The van der Waals surface area contributed by atoms with E-state index < -0.39 is 0 Å². The Morgan fingerprint density at radius 1 is 1.19 bits per heavy atom. The Morgan fingerprint density at radius 3 is 2.62 bits per heavy atom. The summed E-state index contributed by atoms with van der Waals surface area (Å²) in [6.45, 7) is 3.79. The van der Waals surface area contributed by atoms with Crippen molar-refractivity contribution >= 4 is 11.6 Å². The molecule has 1 unspecified atom stereocenters. The van der Waals surface area contributed by atoms with Crippen LogP contribution in [0.1, 0.15) is 29.9 Å². The highest BCUT2D eigenvalue weighted by Crippen LogP contribution is 2.22. The van der Waals surface area contributed by atoms with Gasteiger partial charge in [-0.1, -0.05) is 29.8 Å². The van der Waals surface area contributed by atoms with Gasteiger partial charge < -0.3 is 5.32 Å². The van der Waals surface area contributed by atoms with Gasteiger partial charge in [0.05, 0.1) is 11.4 Å². The van der Waals surface area contributed by atoms with E-state index in [1.165, 1.54) is 5.56 Å². The molecule has 3 nitrogen and oxygen atoms in total. The Kier molecular flexibility index (Phi) is 5.74. The molecule has 0 bridgehead atoms. The van der Waals surface area contributed by atoms with Crippen molar-refractivity contribution in [2.45, 2.75) is 26.1 Å². The Labute approximate surface area is 132 Å². The molecular weight excluding hydrogens is 282 g/mol. The number of hydrogen-bond donors (Lipinski definition) is 1. The number of halogens is 1. The highest BCUT2D eigenvalue weighted by Gasteiger charge is 2.13. The van der Waals surface area contributed by atoms with Gasteiger partial charge in [-0.2, -0.15) is 0 Å². The molecule has 0 aliphatic carbocycles. The second kappa shape index (κ2) is 7.55. The number of hydrogen-bond acceptors (Lipinski definition) is 3. The first kappa shape index (κ1) is 16.0. The first-order chi connectivity index (χ1) is 10.1. The fraction of sp³-hybridized carbons (Fsp3) is 0.353. The molecule has 0 aliphatic rings. The molecule has 0 radical (unpaired) electrons. The quantitative estimate of drug-likeness (QED) is 0.883. The van der Waals surface area contributed by atoms with Crippen molar-refractivity contribution in [1.29, 1.82) is 0 Å². The van der Waals surface area contributed by atoms with Gasteiger partial charge in [0, 0.05) is 24.2 Å². The van der Waals surface area contributed by atoms with E-state index in [1.807, 2.05) is 31.3 Å². The average Bonchev–Trinajstić information content (AvgIpc) is 2.47. The van der Waals surface area contributed by atoms with Gasteiger partial charge in [-0.05, 0) is 50.8 Å². The molecule has 1 N–H and O–H groups in total. The molecule has 0 aliphatic heterocycles. The van der Waals surface area contributed by atoms with Crippen LogP contribution in [-0.2, 0) is 13.1 Å². The Balaban J connectivity index is 2.06. The maximum atomic E-state index is 6.07. The largest absolute Gasteiger partial charge is 0.314 e. The van der Waals surface area contributed by atoms with Crippen LogP contribution in [0.3, 0.4) is 0 Å². The van der Waals surface area contributed by atoms with Crippen molar-refractivity contribution < 1.29 is 0 Å². The van der Waals surface area contributed by atoms with Gasteiger partial charge in [0.2, 0.25) is 0 Å². The maximum absolute atomic E-state index is 6.07. The van der Waals surface area contributed by atoms with Gasteiger partial charge in [-0.3, -0.25) is 9.88 Å². The van der Waals surface area contributed by atoms with Gasteiger partial charge >= 0.3 is 0 Å². The molecule has 0 amide bonds. The number of pyridine rings is 1. The number of aromatic nitrogens is 1. The van der Waals surface area contributed by atoms with Crippen LogP contribution in [0.25, 0.3) is 0 Å². The van der Waals surface area contributed by atoms with E-state index in [0.717, 1.165) is 29.5 Å². The Morgan fingerprint density at radius 2 is 1.90 bits per heavy atom. The summed E-state index contributed by atoms with van der Waals surface area (Å²) in [6.07, 6.45) is 0. The molecule has 1 heterocycles. The van der Waals surface area contributed by atoms with Crippen molar-refractivity contribution in [3.63, 3.8) is 0 Å². The minimum Gasteiger partial charge on any atom is -0.314 e. The number of benzene rings is 1. The van der Waals surface area contributed by atoms with E-state index in [2.05, 4.69) is 47.4 Å². The summed E-state index contributed by atoms with van der Waals surface area (Å²) in [7, 11) is 4.04. The third kappa shape index (κ3) is 4.53. The fourth-order valence-electron chi connectivity index (χ4n) is 2.31. The second-order valence-electron chi connectivity index (χ2n) is 5.30. The SMILES string of the molecule is CNCc1cccc(CN(C)C(C)c2cccc(Cl)c2)n1. The topological polar surface area (TPSA) is 28.2 Å². The van der Waals surface area contributed by atoms with E-state index in [1.54, 1.807) is 0 Å². The van der Waals surface area contributed by atoms with Crippen molar-refractivity contribution in [3.05, 3.63) is 64.4 Å². The minimum absolute atomic E-state index is 0.290. The molecular formula is C17H22ClN3. The molecule has 4 heteroatoms. The van der Waals surface area contributed by atoms with Crippen molar-refractivity contribution in [1.82, 2.24) is 15.2 Å². The molecule has 2 aromatic rings. The normalized spacial score (nSPS) is 12.6. The zero-order valence-corrected chi connectivity index (χ0v) is 13.6. The van der Waals surface area contributed by atoms with Crippen LogP contribution in [0, 0.1) is 0 Å². The van der Waals surface area contributed by atoms with Crippen LogP contribution >= 0.6 is 11.6 Å². The Hall–Kier alpha value is -1.42. The fourth-order valence-corrected chi connectivity index (χ4v) is 2.51. The highest BCUT2D eigenvalue weighted by atomic mass is 35.5. The van der Waals surface area contributed by atoms with Crippen LogP contribution in [0.5, 0.6) is 0 Å². The number of nitrogens with one attached hydrogen (secondary N) is 1. The van der Waals surface area contributed by atoms with Gasteiger partial charge in [0.1, 0.15) is 0 Å². The number of rotatable bonds is 6. The van der Waals surface area contributed by atoms with Crippen LogP contribution in [0.2, 0.25) is 5.02 Å². The third-order valence-corrected chi connectivity index (χ3v) is 3.86. The summed E-state index contributed by atoms with van der Waals surface area (Å²) in [4.78, 5) is 6.94. The molecule has 112 valence electrons. The van der Waals surface area contributed by atoms with Crippen LogP contribution < -0.4 is 5.32 Å². The molecule has 1 atom stereocenters. The average molecular weight is 304 g/mol. The van der Waals surface area contributed by atoms with Crippen molar-refractivity contribution in [2.24, 2.45) is 0 Å². The molecule has 1 aromatic carbocycles. The van der Waals surface area contributed by atoms with E-state index in [4.69, 9.17) is 11.6 Å². The van der Waals surface area contributed by atoms with Crippen LogP contribution in [0.4, 0.5) is 0 Å². The van der Waals surface area contributed by atoms with E-state index >= 15 is 0 Å². The van der Waals surface area contributed by atoms with Crippen molar-refractivity contribution in [2.75, 3.05) is 14.1 Å². The summed E-state index contributed by atoms with van der Waals surface area (Å²) < 4.78 is 0. The molecule has 0 saturated heterocycles. The standard InChI is InChI=1S/C17H22ClN3/c1-13(14-6-4-7-15(18)10-14)21(3)12-17-9-5-8-16(20-17)11-19-2/h4-10,13,19H,11-12H2,1-3H3. The molecule has 0 spiro atoms. The lowest BCUT2D eigenvalue weighted by molar-refractivity contribution is 0.250. The minimum atomic E-state index is 0.290. The van der Waals surface area contributed by atoms with Crippen LogP contribution in [0.15, 0.2) is 42.5 Å². The molecule has 21 heavy (non-hydrogen) atoms. The first-order valence-electron chi connectivity index (χ1n) is 7.15. The predicted molar refractivity (Wildman–Crippen MR) is 88.3 cm³/mol. The molecule has 2 rings (SSSR count). The van der Waals surface area contributed by atoms with Gasteiger partial charge in [0.25, 0.3) is 0 Å². The smallest absolute Gasteiger partial charge is 0.0547 e. The maximum Gasteiger partial charge on any atom is 0.0547 e. The van der Waals surface area contributed by atoms with Crippen LogP contribution in [-0.4, -0.2) is 24.0 Å². The lowest BCUT2D eigenvalue weighted by atomic mass is 10.1. The Bertz CT molecular complexity index is 586. The van der Waals surface area contributed by atoms with Crippen molar-refractivity contribution in [3.8, 4) is 0 Å². The zero-order valence-electron chi connectivity index (χ0n) is 12.8. The summed E-state index contributed by atoms with van der Waals surface area (Å²) in [5, 5.41) is 3.91. The van der Waals surface area contributed by atoms with E-state index in [-0.39, 0.29) is 0 Å². The van der Waals surface area contributed by atoms with Gasteiger partial charge in [-0.15, -0.1) is 0 Å². The van der Waals surface area contributed by atoms with Gasteiger partial charge in [0.15, 0.2) is 0 Å². The summed E-state index contributed by atoms with van der Waals surface area (Å²) in [5.41, 5.74) is 3.37. The number of nitrogens with zero attached hydrogens (tertiary/aromatic N) is 2. The predicted octanol–water partition coefficient (Wildman–Crippen LogP) is 3.65. The lowest BCUT2D eigenvalue weighted by Crippen LogP contribution is -2.22. The zero-order chi connectivity index (χ0) is 15.2. The molecule has 0 saturated carbocycles. The van der Waals surface area contributed by atoms with E-state index in [0.29, 0.717) is 6.04 Å². The highest BCUT2D eigenvalue weighted by molar-refractivity contribution is 6.30. The second-order valence-corrected chi connectivity index (χ2v) is 5.73. The summed E-state index contributed by atoms with van der Waals surface area (Å²) >= 11 is 6.07. The van der Waals surface area contributed by atoms with Gasteiger partial charge in [-0.25, -0.2) is 0 Å². The third-order valence-electron chi connectivity index (χ3n) is 3.63. The lowest BCUT2D eigenvalue weighted by Gasteiger charge is -2.25.